The minimum Gasteiger partial charge on any atom is -0.508 e. The summed E-state index contributed by atoms with van der Waals surface area (Å²) >= 11 is 0. The van der Waals surface area contributed by atoms with E-state index in [1.165, 1.54) is 0 Å². The van der Waals surface area contributed by atoms with Crippen molar-refractivity contribution in [2.45, 2.75) is 0 Å². The van der Waals surface area contributed by atoms with Crippen molar-refractivity contribution in [3.63, 3.8) is 0 Å². The lowest BCUT2D eigenvalue weighted by atomic mass is 10.2. The number of nitrogens with zero attached hydrogens (tertiary/aromatic N) is 2. The maximum Gasteiger partial charge on any atom is 0.115 e. The maximum atomic E-state index is 8.63. The molecule has 0 amide bonds. The summed E-state index contributed by atoms with van der Waals surface area (Å²) in [7, 11) is 0. The second kappa shape index (κ2) is 13.1. The smallest absolute Gasteiger partial charge is 0.115 e. The summed E-state index contributed by atoms with van der Waals surface area (Å²) < 4.78 is 0. The number of hydrogen-bond acceptors (Lipinski definition) is 4. The van der Waals surface area contributed by atoms with Crippen LogP contribution in [0.25, 0.3) is 11.4 Å². The van der Waals surface area contributed by atoms with Gasteiger partial charge in [0.1, 0.15) is 11.5 Å². The van der Waals surface area contributed by atoms with Gasteiger partial charge in [0.25, 0.3) is 0 Å². The first kappa shape index (κ1) is 21.9. The van der Waals surface area contributed by atoms with Crippen molar-refractivity contribution in [3.05, 3.63) is 109 Å². The maximum absolute atomic E-state index is 8.63. The lowest BCUT2D eigenvalue weighted by Gasteiger charge is -1.96. The third kappa shape index (κ3) is 9.22. The fourth-order valence-electron chi connectivity index (χ4n) is 1.88. The van der Waals surface area contributed by atoms with Crippen LogP contribution in [0, 0.1) is 0 Å². The molecule has 0 aliphatic heterocycles. The van der Waals surface area contributed by atoms with E-state index >= 15 is 0 Å². The lowest BCUT2D eigenvalue weighted by Crippen LogP contribution is -1.83. The number of benzene rings is 2. The van der Waals surface area contributed by atoms with Crippen molar-refractivity contribution in [1.82, 2.24) is 9.97 Å². The van der Waals surface area contributed by atoms with Crippen LogP contribution >= 0.6 is 0 Å². The summed E-state index contributed by atoms with van der Waals surface area (Å²) in [6.07, 6.45) is 3.54. The minimum atomic E-state index is 0. The monoisotopic (exact) mass is 371 g/mol. The Labute approximate surface area is 170 Å². The fraction of sp³-hybridized carbons (Fsp3) is 0. The van der Waals surface area contributed by atoms with Crippen molar-refractivity contribution < 1.29 is 10.2 Å². The Morgan fingerprint density at radius 1 is 0.444 bits per heavy atom. The Hall–Kier alpha value is -3.13. The molecule has 0 unspecified atom stereocenters. The van der Waals surface area contributed by atoms with E-state index in [0.29, 0.717) is 11.5 Å². The molecule has 0 saturated carbocycles. The number of para-hydroxylation sites is 2. The molecule has 0 aliphatic rings. The molecular weight excluding hydrogens is 351 g/mol. The normalized spacial score (nSPS) is 8.74. The van der Waals surface area contributed by atoms with Crippen molar-refractivity contribution in [2.75, 3.05) is 0 Å². The van der Waals surface area contributed by atoms with Crippen LogP contribution < -0.4 is 0 Å². The fourth-order valence-corrected chi connectivity index (χ4v) is 1.88. The van der Waals surface area contributed by atoms with Gasteiger partial charge in [-0.3, -0.25) is 9.97 Å². The van der Waals surface area contributed by atoms with E-state index in [2.05, 4.69) is 9.97 Å². The van der Waals surface area contributed by atoms with Crippen LogP contribution in [0.1, 0.15) is 0 Å². The number of phenols is 2. The number of hydrogen-bond donors (Lipinski definition) is 2. The average molecular weight is 371 g/mol. The zero-order chi connectivity index (χ0) is 18.5. The number of pyridine rings is 2. The molecule has 133 valence electrons. The third-order valence-electron chi connectivity index (χ3n) is 3.10. The Morgan fingerprint density at radius 3 is 1.00 bits per heavy atom. The third-order valence-corrected chi connectivity index (χ3v) is 3.10. The largest absolute Gasteiger partial charge is 0.508 e. The molecule has 3 radical (unpaired) electrons. The average Bonchev–Trinajstić information content (AvgIpc) is 2.72. The van der Waals surface area contributed by atoms with E-state index in [0.717, 1.165) is 11.4 Å². The first-order valence-electron chi connectivity index (χ1n) is 8.06. The molecular formula is C22H20AlN2O2. The number of phenolic OH excluding ortho intramolecular Hbond substituents is 2. The molecule has 27 heavy (non-hydrogen) atoms. The molecule has 0 bridgehead atoms. The highest BCUT2D eigenvalue weighted by atomic mass is 27.0. The summed E-state index contributed by atoms with van der Waals surface area (Å²) in [6.45, 7) is 0. The standard InChI is InChI=1S/C10H8N2.2C6H6O.Al/c1-3-7-11-9(5-1)10-6-2-4-8-12-10;2*7-6-4-2-1-3-5-6;/h1-8H;2*1-5,7H;. The zero-order valence-corrected chi connectivity index (χ0v) is 15.9. The molecule has 0 atom stereocenters. The van der Waals surface area contributed by atoms with Gasteiger partial charge in [-0.15, -0.1) is 0 Å². The molecule has 4 aromatic rings. The summed E-state index contributed by atoms with van der Waals surface area (Å²) in [5.41, 5.74) is 1.83. The van der Waals surface area contributed by atoms with Crippen molar-refractivity contribution >= 4 is 17.4 Å². The summed E-state index contributed by atoms with van der Waals surface area (Å²) in [4.78, 5) is 8.37. The van der Waals surface area contributed by atoms with Crippen LogP contribution in [0.2, 0.25) is 0 Å². The molecule has 0 saturated heterocycles. The second-order valence-corrected chi connectivity index (χ2v) is 5.10. The lowest BCUT2D eigenvalue weighted by molar-refractivity contribution is 0.475. The molecule has 2 N–H and O–H groups in total. The Balaban J connectivity index is 0.000000211. The van der Waals surface area contributed by atoms with E-state index in [-0.39, 0.29) is 17.4 Å². The van der Waals surface area contributed by atoms with Gasteiger partial charge >= 0.3 is 0 Å². The van der Waals surface area contributed by atoms with Crippen molar-refractivity contribution in [2.24, 2.45) is 0 Å². The predicted octanol–water partition coefficient (Wildman–Crippen LogP) is 4.55. The number of rotatable bonds is 1. The molecule has 4 rings (SSSR count). The molecule has 2 aromatic carbocycles. The molecule has 2 aromatic heterocycles. The Morgan fingerprint density at radius 2 is 0.778 bits per heavy atom. The van der Waals surface area contributed by atoms with Crippen LogP contribution in [-0.4, -0.2) is 37.5 Å². The van der Waals surface area contributed by atoms with Crippen LogP contribution in [0.3, 0.4) is 0 Å². The van der Waals surface area contributed by atoms with Gasteiger partial charge in [-0.05, 0) is 48.5 Å². The van der Waals surface area contributed by atoms with Gasteiger partial charge in [-0.2, -0.15) is 0 Å². The SMILES string of the molecule is Oc1ccccc1.Oc1ccccc1.[Al].c1ccc(-c2ccccn2)nc1. The molecule has 2 heterocycles. The van der Waals surface area contributed by atoms with Crippen molar-refractivity contribution in [3.8, 4) is 22.9 Å². The van der Waals surface area contributed by atoms with E-state index < -0.39 is 0 Å². The van der Waals surface area contributed by atoms with Gasteiger partial charge in [0.05, 0.1) is 11.4 Å². The van der Waals surface area contributed by atoms with Crippen LogP contribution in [-0.2, 0) is 0 Å². The van der Waals surface area contributed by atoms with Crippen molar-refractivity contribution in [1.29, 1.82) is 0 Å². The van der Waals surface area contributed by atoms with Crippen LogP contribution in [0.5, 0.6) is 11.5 Å². The predicted molar refractivity (Wildman–Crippen MR) is 109 cm³/mol. The van der Waals surface area contributed by atoms with Gasteiger partial charge in [-0.25, -0.2) is 0 Å². The molecule has 0 fully saturated rings. The highest BCUT2D eigenvalue weighted by molar-refractivity contribution is 5.75. The summed E-state index contributed by atoms with van der Waals surface area (Å²) in [5, 5.41) is 17.3. The summed E-state index contributed by atoms with van der Waals surface area (Å²) in [6, 6.07) is 29.0. The molecule has 5 heteroatoms. The van der Waals surface area contributed by atoms with E-state index in [1.54, 1.807) is 60.9 Å². The zero-order valence-electron chi connectivity index (χ0n) is 14.8. The van der Waals surface area contributed by atoms with Crippen LogP contribution in [0.4, 0.5) is 0 Å². The first-order valence-corrected chi connectivity index (χ1v) is 8.06. The van der Waals surface area contributed by atoms with Gasteiger partial charge in [0.15, 0.2) is 0 Å². The van der Waals surface area contributed by atoms with Gasteiger partial charge in [-0.1, -0.05) is 48.5 Å². The molecule has 0 spiro atoms. The Bertz CT molecular complexity index is 771. The Kier molecular flexibility index (Phi) is 10.7. The quantitative estimate of drug-likeness (QED) is 0.482. The van der Waals surface area contributed by atoms with Gasteiger partial charge < -0.3 is 10.2 Å². The number of aromatic nitrogens is 2. The van der Waals surface area contributed by atoms with E-state index in [9.17, 15) is 0 Å². The minimum absolute atomic E-state index is 0. The van der Waals surface area contributed by atoms with E-state index in [1.807, 2.05) is 48.5 Å². The number of aromatic hydroxyl groups is 2. The van der Waals surface area contributed by atoms with Crippen LogP contribution in [0.15, 0.2) is 109 Å². The second-order valence-electron chi connectivity index (χ2n) is 5.10. The van der Waals surface area contributed by atoms with Gasteiger partial charge in [0.2, 0.25) is 0 Å². The highest BCUT2D eigenvalue weighted by Crippen LogP contribution is 2.10. The molecule has 0 aliphatic carbocycles. The highest BCUT2D eigenvalue weighted by Gasteiger charge is 1.95. The topological polar surface area (TPSA) is 66.2 Å². The summed E-state index contributed by atoms with van der Waals surface area (Å²) in [5.74, 6) is 0.644. The molecule has 4 nitrogen and oxygen atoms in total. The first-order chi connectivity index (χ1) is 12.8. The van der Waals surface area contributed by atoms with Gasteiger partial charge in [0, 0.05) is 29.8 Å². The van der Waals surface area contributed by atoms with E-state index in [4.69, 9.17) is 10.2 Å².